The molecule has 8 rings (SSSR count). The second kappa shape index (κ2) is 17.1. The number of anilines is 3. The molecule has 1 spiro atoms. The Labute approximate surface area is 360 Å². The minimum absolute atomic E-state index is 0.102. The van der Waals surface area contributed by atoms with Crippen LogP contribution in [0.5, 0.6) is 5.75 Å². The van der Waals surface area contributed by atoms with E-state index in [-0.39, 0.29) is 22.4 Å². The summed E-state index contributed by atoms with van der Waals surface area (Å²) in [6.45, 7) is 17.0. The number of nitrogens with zero attached hydrogens (tertiary/aromatic N) is 8. The molecule has 0 radical (unpaired) electrons. The van der Waals surface area contributed by atoms with Crippen molar-refractivity contribution in [3.05, 3.63) is 105 Å². The molecule has 2 aliphatic rings. The van der Waals surface area contributed by atoms with Gasteiger partial charge in [-0.1, -0.05) is 30.3 Å². The Kier molecular flexibility index (Phi) is 12.1. The molecule has 2 saturated heterocycles. The van der Waals surface area contributed by atoms with Crippen molar-refractivity contribution in [2.75, 3.05) is 48.8 Å². The highest BCUT2D eigenvalue weighted by Gasteiger charge is 2.53. The largest absolute Gasteiger partial charge is 0.495 e. The Morgan fingerprint density at radius 1 is 0.746 bits per heavy atom. The molecule has 12 nitrogen and oxygen atoms in total. The lowest BCUT2D eigenvalue weighted by Crippen LogP contribution is -2.73. The minimum Gasteiger partial charge on any atom is -0.495 e. The molecule has 18 heteroatoms. The van der Waals surface area contributed by atoms with Crippen molar-refractivity contribution >= 4 is 45.3 Å². The Balaban J connectivity index is 0.000000194. The summed E-state index contributed by atoms with van der Waals surface area (Å²) in [4.78, 5) is 42.6. The summed E-state index contributed by atoms with van der Waals surface area (Å²) in [6.07, 6.45) is -7.29. The van der Waals surface area contributed by atoms with Crippen LogP contribution < -0.4 is 20.3 Å². The second-order valence-electron chi connectivity index (χ2n) is 16.4. The SMILES string of the molecule is CC(=O)N1CC2(C1)CN(c1cc3c(NC(C)c4cccc(C(F)F)c4F)nc(C)nc3nc1C)C2.COc1cc2c(NC(C)c3cccc(C(F)(F)F)c3C)nc(C)nc2nc1C. The van der Waals surface area contributed by atoms with Crippen LogP contribution in [0.4, 0.5) is 43.7 Å². The number of ether oxygens (including phenoxy) is 1. The fourth-order valence-electron chi connectivity index (χ4n) is 8.41. The van der Waals surface area contributed by atoms with E-state index in [1.165, 1.54) is 25.1 Å². The fourth-order valence-corrected chi connectivity index (χ4v) is 8.41. The maximum Gasteiger partial charge on any atom is 0.416 e. The van der Waals surface area contributed by atoms with Gasteiger partial charge in [0.05, 0.1) is 58.2 Å². The van der Waals surface area contributed by atoms with Crippen LogP contribution in [-0.2, 0) is 11.0 Å². The molecule has 2 aliphatic heterocycles. The molecule has 332 valence electrons. The van der Waals surface area contributed by atoms with Gasteiger partial charge in [-0.2, -0.15) is 13.2 Å². The summed E-state index contributed by atoms with van der Waals surface area (Å²) in [5.41, 5.74) is 3.26. The van der Waals surface area contributed by atoms with E-state index in [0.29, 0.717) is 62.4 Å². The van der Waals surface area contributed by atoms with Gasteiger partial charge in [0.1, 0.15) is 34.9 Å². The Bertz CT molecular complexity index is 2720. The number of likely N-dealkylation sites (tertiary alicyclic amines) is 1. The third-order valence-electron chi connectivity index (χ3n) is 11.6. The zero-order valence-corrected chi connectivity index (χ0v) is 36.3. The van der Waals surface area contributed by atoms with Crippen molar-refractivity contribution in [1.29, 1.82) is 0 Å². The third-order valence-corrected chi connectivity index (χ3v) is 11.6. The lowest BCUT2D eigenvalue weighted by Gasteiger charge is -2.60. The van der Waals surface area contributed by atoms with Crippen molar-refractivity contribution in [2.45, 2.75) is 80.1 Å². The molecule has 2 unspecified atom stereocenters. The number of carbonyl (C=O) groups excluding carboxylic acids is 1. The number of hydrogen-bond acceptors (Lipinski definition) is 11. The van der Waals surface area contributed by atoms with Crippen LogP contribution in [-0.4, -0.2) is 74.0 Å². The topological polar surface area (TPSA) is 134 Å². The number of pyridine rings is 2. The van der Waals surface area contributed by atoms with Crippen LogP contribution >= 0.6 is 0 Å². The van der Waals surface area contributed by atoms with Crippen LogP contribution in [0.15, 0.2) is 48.5 Å². The zero-order chi connectivity index (χ0) is 45.7. The molecule has 6 aromatic rings. The van der Waals surface area contributed by atoms with E-state index < -0.39 is 41.6 Å². The van der Waals surface area contributed by atoms with Gasteiger partial charge in [-0.25, -0.2) is 43.1 Å². The molecule has 6 heterocycles. The number of aromatic nitrogens is 6. The van der Waals surface area contributed by atoms with Gasteiger partial charge in [-0.05, 0) is 77.8 Å². The van der Waals surface area contributed by atoms with Crippen LogP contribution in [0.1, 0.15) is 90.1 Å². The number of halogens is 6. The van der Waals surface area contributed by atoms with Crippen molar-refractivity contribution < 1.29 is 35.9 Å². The minimum atomic E-state index is -4.40. The van der Waals surface area contributed by atoms with Crippen LogP contribution in [0.2, 0.25) is 0 Å². The standard InChI is InChI=1S/C25H27F3N6O.C20H21F3N4O/c1-13(17-6-5-7-18(21(17)26)22(27)28)29-23-19-8-20(14(2)30-24(19)32-15(3)31-23)34-11-25(12-34)9-33(10-25)16(4)35;1-10-14(7-6-8-16(10)20(21,22)23)11(2)24-18-15-9-17(28-5)12(3)25-19(15)27-13(4)26-18/h5-8,13,22H,9-12H2,1-4H3,(H,29,30,31,32);6-9,11H,1-5H3,(H,24,25,26,27). The average molecular weight is 875 g/mol. The first kappa shape index (κ1) is 44.7. The highest BCUT2D eigenvalue weighted by Crippen LogP contribution is 2.44. The molecule has 0 bridgehead atoms. The molecule has 0 aliphatic carbocycles. The van der Waals surface area contributed by atoms with E-state index in [9.17, 15) is 31.1 Å². The number of hydrogen-bond donors (Lipinski definition) is 2. The van der Waals surface area contributed by atoms with Gasteiger partial charge in [0, 0.05) is 44.1 Å². The van der Waals surface area contributed by atoms with Crippen molar-refractivity contribution in [3.63, 3.8) is 0 Å². The number of nitrogens with one attached hydrogen (secondary N) is 2. The molecule has 2 aromatic carbocycles. The van der Waals surface area contributed by atoms with Crippen molar-refractivity contribution in [2.24, 2.45) is 5.41 Å². The summed E-state index contributed by atoms with van der Waals surface area (Å²) < 4.78 is 86.2. The number of rotatable bonds is 9. The normalized spacial score (nSPS) is 15.4. The predicted molar refractivity (Wildman–Crippen MR) is 229 cm³/mol. The first-order chi connectivity index (χ1) is 29.7. The van der Waals surface area contributed by atoms with Gasteiger partial charge in [0.25, 0.3) is 6.43 Å². The zero-order valence-electron chi connectivity index (χ0n) is 36.3. The van der Waals surface area contributed by atoms with Gasteiger partial charge >= 0.3 is 6.18 Å². The van der Waals surface area contributed by atoms with E-state index >= 15 is 0 Å². The summed E-state index contributed by atoms with van der Waals surface area (Å²) in [5, 5.41) is 7.72. The number of methoxy groups -OCH3 is 1. The number of aryl methyl sites for hydroxylation is 4. The third kappa shape index (κ3) is 8.97. The lowest BCUT2D eigenvalue weighted by molar-refractivity contribution is -0.142. The Morgan fingerprint density at radius 2 is 1.27 bits per heavy atom. The number of carbonyl (C=O) groups is 1. The molecule has 2 atom stereocenters. The molecule has 2 N–H and O–H groups in total. The van der Waals surface area contributed by atoms with E-state index in [2.05, 4.69) is 40.5 Å². The number of amides is 1. The highest BCUT2D eigenvalue weighted by molar-refractivity contribution is 5.90. The smallest absolute Gasteiger partial charge is 0.416 e. The van der Waals surface area contributed by atoms with E-state index in [1.807, 2.05) is 24.8 Å². The fraction of sp³-hybridized carbons (Fsp3) is 0.400. The Hall–Kier alpha value is -6.33. The van der Waals surface area contributed by atoms with Crippen LogP contribution in [0, 0.1) is 45.9 Å². The van der Waals surface area contributed by atoms with Crippen molar-refractivity contribution in [1.82, 2.24) is 34.8 Å². The monoisotopic (exact) mass is 874 g/mol. The van der Waals surface area contributed by atoms with E-state index in [0.717, 1.165) is 49.7 Å². The molecular formula is C45H48F6N10O2. The van der Waals surface area contributed by atoms with Gasteiger partial charge in [0.15, 0.2) is 11.3 Å². The summed E-state index contributed by atoms with van der Waals surface area (Å²) in [5.74, 6) is 1.75. The number of fused-ring (bicyclic) bond motifs is 2. The first-order valence-corrected chi connectivity index (χ1v) is 20.3. The quantitative estimate of drug-likeness (QED) is 0.135. The predicted octanol–water partition coefficient (Wildman–Crippen LogP) is 9.71. The van der Waals surface area contributed by atoms with Gasteiger partial charge in [0.2, 0.25) is 5.91 Å². The lowest BCUT2D eigenvalue weighted by atomic mass is 9.72. The van der Waals surface area contributed by atoms with E-state index in [1.54, 1.807) is 53.9 Å². The van der Waals surface area contributed by atoms with Gasteiger partial charge < -0.3 is 25.2 Å². The highest BCUT2D eigenvalue weighted by atomic mass is 19.4. The average Bonchev–Trinajstić information content (AvgIpc) is 3.16. The molecule has 0 saturated carbocycles. The van der Waals surface area contributed by atoms with Gasteiger partial charge in [-0.15, -0.1) is 0 Å². The molecule has 63 heavy (non-hydrogen) atoms. The maximum atomic E-state index is 14.7. The van der Waals surface area contributed by atoms with Crippen LogP contribution in [0.25, 0.3) is 22.1 Å². The van der Waals surface area contributed by atoms with E-state index in [4.69, 9.17) is 9.72 Å². The molecule has 1 amide bonds. The first-order valence-electron chi connectivity index (χ1n) is 20.3. The maximum absolute atomic E-state index is 14.7. The Morgan fingerprint density at radius 3 is 1.83 bits per heavy atom. The number of alkyl halides is 5. The summed E-state index contributed by atoms with van der Waals surface area (Å²) >= 11 is 0. The van der Waals surface area contributed by atoms with Gasteiger partial charge in [-0.3, -0.25) is 4.79 Å². The molecule has 2 fully saturated rings. The summed E-state index contributed by atoms with van der Waals surface area (Å²) in [6, 6.07) is 10.9. The molecular weight excluding hydrogens is 827 g/mol. The van der Waals surface area contributed by atoms with Crippen LogP contribution in [0.3, 0.4) is 0 Å². The molecule has 4 aromatic heterocycles. The number of benzene rings is 2. The van der Waals surface area contributed by atoms with Crippen molar-refractivity contribution in [3.8, 4) is 5.75 Å². The summed E-state index contributed by atoms with van der Waals surface area (Å²) in [7, 11) is 1.55. The second-order valence-corrected chi connectivity index (χ2v) is 16.4.